The summed E-state index contributed by atoms with van der Waals surface area (Å²) in [5, 5.41) is 6.35. The Labute approximate surface area is 127 Å². The molecule has 118 valence electrons. The van der Waals surface area contributed by atoms with Crippen LogP contribution < -0.4 is 10.6 Å². The number of nitrogens with zero attached hydrogens (tertiary/aromatic N) is 1. The van der Waals surface area contributed by atoms with Gasteiger partial charge in [-0.25, -0.2) is 0 Å². The zero-order valence-electron chi connectivity index (χ0n) is 13.3. The molecule has 0 radical (unpaired) electrons. The topological polar surface area (TPSA) is 57.5 Å². The van der Waals surface area contributed by atoms with Gasteiger partial charge in [0.25, 0.3) is 0 Å². The molecule has 1 fully saturated rings. The number of hydrogen-bond acceptors (Lipinski definition) is 4. The molecular weight excluding hydrogens is 266 g/mol. The maximum atomic E-state index is 12.3. The van der Waals surface area contributed by atoms with Crippen molar-refractivity contribution in [2.24, 2.45) is 5.92 Å². The van der Waals surface area contributed by atoms with Crippen molar-refractivity contribution in [2.45, 2.75) is 45.3 Å². The minimum atomic E-state index is -0.0909. The lowest BCUT2D eigenvalue weighted by Crippen LogP contribution is -2.54. The second-order valence-corrected chi connectivity index (χ2v) is 5.82. The van der Waals surface area contributed by atoms with Crippen molar-refractivity contribution in [3.05, 3.63) is 24.2 Å². The molecule has 5 heteroatoms. The number of furan rings is 1. The maximum Gasteiger partial charge on any atom is 0.237 e. The van der Waals surface area contributed by atoms with Crippen LogP contribution >= 0.6 is 0 Å². The fraction of sp³-hybridized carbons (Fsp3) is 0.688. The van der Waals surface area contributed by atoms with E-state index in [9.17, 15) is 4.79 Å². The Morgan fingerprint density at radius 1 is 1.57 bits per heavy atom. The van der Waals surface area contributed by atoms with Gasteiger partial charge in [0, 0.05) is 19.1 Å². The molecule has 2 rings (SSSR count). The Bertz CT molecular complexity index is 433. The number of hydrogen-bond donors (Lipinski definition) is 2. The van der Waals surface area contributed by atoms with Gasteiger partial charge in [0.1, 0.15) is 5.76 Å². The average molecular weight is 293 g/mol. The molecule has 1 aliphatic rings. The number of nitrogens with one attached hydrogen (secondary N) is 2. The highest BCUT2D eigenvalue weighted by atomic mass is 16.3. The number of piperidine rings is 1. The molecule has 1 amide bonds. The van der Waals surface area contributed by atoms with Gasteiger partial charge in [0.2, 0.25) is 5.91 Å². The van der Waals surface area contributed by atoms with Gasteiger partial charge in [-0.3, -0.25) is 9.69 Å². The summed E-state index contributed by atoms with van der Waals surface area (Å²) in [5.74, 6) is 1.48. The number of carbonyl (C=O) groups is 1. The molecule has 1 aromatic heterocycles. The minimum Gasteiger partial charge on any atom is -0.467 e. The maximum absolute atomic E-state index is 12.3. The summed E-state index contributed by atoms with van der Waals surface area (Å²) >= 11 is 0. The van der Waals surface area contributed by atoms with Crippen LogP contribution in [-0.2, 0) is 11.3 Å². The van der Waals surface area contributed by atoms with Crippen LogP contribution in [0.1, 0.15) is 32.4 Å². The highest BCUT2D eigenvalue weighted by molar-refractivity contribution is 5.81. The van der Waals surface area contributed by atoms with Crippen molar-refractivity contribution >= 4 is 5.91 Å². The molecule has 5 nitrogen and oxygen atoms in total. The van der Waals surface area contributed by atoms with Crippen LogP contribution in [0.5, 0.6) is 0 Å². The summed E-state index contributed by atoms with van der Waals surface area (Å²) in [6.45, 7) is 6.62. The second-order valence-electron chi connectivity index (χ2n) is 5.82. The lowest BCUT2D eigenvalue weighted by molar-refractivity contribution is -0.127. The van der Waals surface area contributed by atoms with E-state index in [2.05, 4.69) is 22.5 Å². The largest absolute Gasteiger partial charge is 0.467 e. The SMILES string of the molecule is CCC1CN(C(C)C(=O)NCc2ccco2)CCC1NC. The van der Waals surface area contributed by atoms with Crippen LogP contribution in [0.4, 0.5) is 0 Å². The highest BCUT2D eigenvalue weighted by Crippen LogP contribution is 2.21. The van der Waals surface area contributed by atoms with Gasteiger partial charge >= 0.3 is 0 Å². The van der Waals surface area contributed by atoms with Crippen molar-refractivity contribution < 1.29 is 9.21 Å². The number of amides is 1. The monoisotopic (exact) mass is 293 g/mol. The van der Waals surface area contributed by atoms with E-state index in [0.29, 0.717) is 18.5 Å². The first kappa shape index (κ1) is 16.0. The summed E-state index contributed by atoms with van der Waals surface area (Å²) in [5.41, 5.74) is 0. The molecule has 2 heterocycles. The molecule has 0 bridgehead atoms. The summed E-state index contributed by atoms with van der Waals surface area (Å²) in [7, 11) is 2.03. The Hall–Kier alpha value is -1.33. The minimum absolute atomic E-state index is 0.0733. The second kappa shape index (κ2) is 7.61. The molecule has 0 aliphatic carbocycles. The van der Waals surface area contributed by atoms with E-state index in [4.69, 9.17) is 4.42 Å². The highest BCUT2D eigenvalue weighted by Gasteiger charge is 2.31. The molecule has 0 saturated carbocycles. The van der Waals surface area contributed by atoms with Crippen molar-refractivity contribution in [3.63, 3.8) is 0 Å². The van der Waals surface area contributed by atoms with Crippen molar-refractivity contribution in [1.29, 1.82) is 0 Å². The fourth-order valence-electron chi connectivity index (χ4n) is 3.11. The van der Waals surface area contributed by atoms with E-state index in [1.165, 1.54) is 0 Å². The van der Waals surface area contributed by atoms with Crippen LogP contribution in [0.25, 0.3) is 0 Å². The Morgan fingerprint density at radius 2 is 2.38 bits per heavy atom. The van der Waals surface area contributed by atoms with Crippen LogP contribution in [0, 0.1) is 5.92 Å². The van der Waals surface area contributed by atoms with Crippen molar-refractivity contribution in [2.75, 3.05) is 20.1 Å². The molecular formula is C16H27N3O2. The van der Waals surface area contributed by atoms with Gasteiger partial charge in [-0.05, 0) is 38.4 Å². The smallest absolute Gasteiger partial charge is 0.237 e. The Balaban J connectivity index is 1.84. The molecule has 0 aromatic carbocycles. The molecule has 1 aliphatic heterocycles. The lowest BCUT2D eigenvalue weighted by Gasteiger charge is -2.40. The van der Waals surface area contributed by atoms with Gasteiger partial charge < -0.3 is 15.1 Å². The van der Waals surface area contributed by atoms with Gasteiger partial charge in [-0.15, -0.1) is 0 Å². The van der Waals surface area contributed by atoms with Gasteiger partial charge in [0.05, 0.1) is 18.8 Å². The number of rotatable bonds is 6. The van der Waals surface area contributed by atoms with Crippen LogP contribution in [0.2, 0.25) is 0 Å². The van der Waals surface area contributed by atoms with E-state index < -0.39 is 0 Å². The average Bonchev–Trinajstić information content (AvgIpc) is 3.04. The summed E-state index contributed by atoms with van der Waals surface area (Å²) in [6, 6.07) is 4.19. The van der Waals surface area contributed by atoms with E-state index in [1.807, 2.05) is 26.1 Å². The van der Waals surface area contributed by atoms with Gasteiger partial charge in [-0.1, -0.05) is 13.3 Å². The fourth-order valence-corrected chi connectivity index (χ4v) is 3.11. The van der Waals surface area contributed by atoms with Crippen LogP contribution in [0.15, 0.2) is 22.8 Å². The standard InChI is InChI=1S/C16H27N3O2/c1-4-13-11-19(8-7-15(13)17-3)12(2)16(20)18-10-14-6-5-9-21-14/h5-6,9,12-13,15,17H,4,7-8,10-11H2,1-3H3,(H,18,20). The summed E-state index contributed by atoms with van der Waals surface area (Å²) < 4.78 is 5.24. The normalized spacial score (nSPS) is 24.7. The first-order valence-electron chi connectivity index (χ1n) is 7.87. The molecule has 1 saturated heterocycles. The number of carbonyl (C=O) groups excluding carboxylic acids is 1. The summed E-state index contributed by atoms with van der Waals surface area (Å²) in [4.78, 5) is 14.6. The molecule has 2 N–H and O–H groups in total. The molecule has 1 aromatic rings. The van der Waals surface area contributed by atoms with Gasteiger partial charge in [-0.2, -0.15) is 0 Å². The van der Waals surface area contributed by atoms with Crippen molar-refractivity contribution in [3.8, 4) is 0 Å². The quantitative estimate of drug-likeness (QED) is 0.836. The third kappa shape index (κ3) is 4.08. The number of likely N-dealkylation sites (tertiary alicyclic amines) is 1. The Morgan fingerprint density at radius 3 is 3.00 bits per heavy atom. The lowest BCUT2D eigenvalue weighted by atomic mass is 9.89. The van der Waals surface area contributed by atoms with Crippen LogP contribution in [0.3, 0.4) is 0 Å². The molecule has 21 heavy (non-hydrogen) atoms. The first-order chi connectivity index (χ1) is 10.2. The predicted molar refractivity (Wildman–Crippen MR) is 82.8 cm³/mol. The zero-order valence-corrected chi connectivity index (χ0v) is 13.3. The first-order valence-corrected chi connectivity index (χ1v) is 7.87. The molecule has 0 spiro atoms. The summed E-state index contributed by atoms with van der Waals surface area (Å²) in [6.07, 6.45) is 3.87. The van der Waals surface area contributed by atoms with E-state index >= 15 is 0 Å². The third-order valence-electron chi connectivity index (χ3n) is 4.60. The molecule has 3 atom stereocenters. The zero-order chi connectivity index (χ0) is 15.2. The van der Waals surface area contributed by atoms with Gasteiger partial charge in [0.15, 0.2) is 0 Å². The predicted octanol–water partition coefficient (Wildman–Crippen LogP) is 1.60. The molecule has 3 unspecified atom stereocenters. The third-order valence-corrected chi connectivity index (χ3v) is 4.60. The Kier molecular flexibility index (Phi) is 5.82. The van der Waals surface area contributed by atoms with E-state index in [-0.39, 0.29) is 11.9 Å². The van der Waals surface area contributed by atoms with Crippen molar-refractivity contribution in [1.82, 2.24) is 15.5 Å². The van der Waals surface area contributed by atoms with E-state index in [1.54, 1.807) is 6.26 Å². The van der Waals surface area contributed by atoms with E-state index in [0.717, 1.165) is 31.7 Å². The van der Waals surface area contributed by atoms with Crippen LogP contribution in [-0.4, -0.2) is 43.0 Å².